The molecule has 1 aliphatic heterocycles. The van der Waals surface area contributed by atoms with Crippen molar-refractivity contribution >= 4 is 23.1 Å². The van der Waals surface area contributed by atoms with E-state index in [0.717, 1.165) is 5.56 Å². The first-order chi connectivity index (χ1) is 16.7. The first-order valence-corrected chi connectivity index (χ1v) is 11.3. The Hall–Kier alpha value is -3.85. The molecule has 0 aliphatic carbocycles. The SMILES string of the molecule is COc1ccc(OC)c([C@@H]2/C(=C(\O)c3c(C)nc4c(C)cccn34)C(=O)C(=O)N2CCN(C)C)c1. The molecule has 0 saturated carbocycles. The number of benzene rings is 1. The van der Waals surface area contributed by atoms with Crippen molar-refractivity contribution in [3.8, 4) is 11.5 Å². The largest absolute Gasteiger partial charge is 0.505 e. The molecule has 4 rings (SSSR count). The van der Waals surface area contributed by atoms with Crippen LogP contribution in [0.25, 0.3) is 11.4 Å². The monoisotopic (exact) mass is 478 g/mol. The van der Waals surface area contributed by atoms with Crippen molar-refractivity contribution in [3.63, 3.8) is 0 Å². The molecule has 3 heterocycles. The van der Waals surface area contributed by atoms with Crippen molar-refractivity contribution in [3.05, 3.63) is 64.6 Å². The Labute approximate surface area is 204 Å². The Morgan fingerprint density at radius 2 is 1.89 bits per heavy atom. The van der Waals surface area contributed by atoms with Gasteiger partial charge in [0.05, 0.1) is 31.5 Å². The molecule has 184 valence electrons. The van der Waals surface area contributed by atoms with E-state index in [2.05, 4.69) is 4.98 Å². The summed E-state index contributed by atoms with van der Waals surface area (Å²) in [5, 5.41) is 11.6. The molecule has 35 heavy (non-hydrogen) atoms. The Morgan fingerprint density at radius 1 is 1.14 bits per heavy atom. The summed E-state index contributed by atoms with van der Waals surface area (Å²) >= 11 is 0. The fraction of sp³-hybridized carbons (Fsp3) is 0.346. The van der Waals surface area contributed by atoms with Crippen LogP contribution in [-0.4, -0.2) is 77.4 Å². The number of fused-ring (bicyclic) bond motifs is 1. The molecule has 0 bridgehead atoms. The molecular weight excluding hydrogens is 448 g/mol. The van der Waals surface area contributed by atoms with Crippen LogP contribution in [0.5, 0.6) is 11.5 Å². The average Bonchev–Trinajstić information content (AvgIpc) is 3.31. The Balaban J connectivity index is 2.00. The third kappa shape index (κ3) is 4.12. The molecule has 0 radical (unpaired) electrons. The number of carbonyl (C=O) groups excluding carboxylic acids is 2. The number of aliphatic hydroxyl groups is 1. The molecule has 9 nitrogen and oxygen atoms in total. The van der Waals surface area contributed by atoms with Crippen LogP contribution in [0.1, 0.15) is 28.6 Å². The van der Waals surface area contributed by atoms with E-state index < -0.39 is 17.7 Å². The quantitative estimate of drug-likeness (QED) is 0.317. The Kier molecular flexibility index (Phi) is 6.53. The summed E-state index contributed by atoms with van der Waals surface area (Å²) in [7, 11) is 6.84. The van der Waals surface area contributed by atoms with E-state index in [4.69, 9.17) is 9.47 Å². The van der Waals surface area contributed by atoms with Crippen LogP contribution in [0.3, 0.4) is 0 Å². The normalized spacial score (nSPS) is 17.6. The molecule has 0 unspecified atom stereocenters. The second kappa shape index (κ2) is 9.42. The smallest absolute Gasteiger partial charge is 0.295 e. The van der Waals surface area contributed by atoms with E-state index in [-0.39, 0.29) is 17.9 Å². The van der Waals surface area contributed by atoms with Gasteiger partial charge >= 0.3 is 0 Å². The lowest BCUT2D eigenvalue weighted by Gasteiger charge is -2.28. The first-order valence-electron chi connectivity index (χ1n) is 11.3. The summed E-state index contributed by atoms with van der Waals surface area (Å²) < 4.78 is 12.8. The number of pyridine rings is 1. The lowest BCUT2D eigenvalue weighted by molar-refractivity contribution is -0.140. The fourth-order valence-electron chi connectivity index (χ4n) is 4.52. The van der Waals surface area contributed by atoms with Crippen LogP contribution >= 0.6 is 0 Å². The van der Waals surface area contributed by atoms with Crippen LogP contribution in [0.4, 0.5) is 0 Å². The molecule has 3 aromatic rings. The van der Waals surface area contributed by atoms with E-state index in [9.17, 15) is 14.7 Å². The Bertz CT molecular complexity index is 1340. The third-order valence-corrected chi connectivity index (χ3v) is 6.30. The lowest BCUT2D eigenvalue weighted by Crippen LogP contribution is -2.35. The van der Waals surface area contributed by atoms with Gasteiger partial charge in [-0.15, -0.1) is 0 Å². The zero-order valence-electron chi connectivity index (χ0n) is 20.8. The van der Waals surface area contributed by atoms with Gasteiger partial charge in [0.15, 0.2) is 5.76 Å². The van der Waals surface area contributed by atoms with Crippen molar-refractivity contribution in [2.75, 3.05) is 41.4 Å². The third-order valence-electron chi connectivity index (χ3n) is 6.30. The van der Waals surface area contributed by atoms with Crippen LogP contribution < -0.4 is 9.47 Å². The van der Waals surface area contributed by atoms with Gasteiger partial charge in [0, 0.05) is 24.8 Å². The number of hydrogen-bond acceptors (Lipinski definition) is 7. The molecule has 1 aromatic carbocycles. The number of methoxy groups -OCH3 is 2. The standard InChI is InChI=1S/C26H30N4O5/c1-15-8-7-11-29-21(16(2)27-25(15)29)23(31)20-22(18-14-17(34-5)9-10-19(18)35-6)30(13-12-28(3)4)26(33)24(20)32/h7-11,14,22,31H,12-13H2,1-6H3/b23-20+/t22-/m1/s1. The van der Waals surface area contributed by atoms with Gasteiger partial charge < -0.3 is 24.4 Å². The summed E-state index contributed by atoms with van der Waals surface area (Å²) in [5.41, 5.74) is 3.06. The number of carbonyl (C=O) groups is 2. The van der Waals surface area contributed by atoms with Crippen molar-refractivity contribution in [1.29, 1.82) is 0 Å². The van der Waals surface area contributed by atoms with Gasteiger partial charge in [0.25, 0.3) is 11.7 Å². The minimum Gasteiger partial charge on any atom is -0.505 e. The topological polar surface area (TPSA) is 96.6 Å². The number of ether oxygens (including phenoxy) is 2. The number of hydrogen-bond donors (Lipinski definition) is 1. The van der Waals surface area contributed by atoms with Gasteiger partial charge in [-0.1, -0.05) is 6.07 Å². The maximum Gasteiger partial charge on any atom is 0.295 e. The summed E-state index contributed by atoms with van der Waals surface area (Å²) in [6, 6.07) is 8.10. The van der Waals surface area contributed by atoms with E-state index >= 15 is 0 Å². The first kappa shape index (κ1) is 24.3. The molecule has 1 fully saturated rings. The number of ketones is 1. The number of amides is 1. The van der Waals surface area contributed by atoms with E-state index in [1.165, 1.54) is 12.0 Å². The fourth-order valence-corrected chi connectivity index (χ4v) is 4.52. The molecule has 1 saturated heterocycles. The summed E-state index contributed by atoms with van der Waals surface area (Å²) in [6.45, 7) is 4.51. The van der Waals surface area contributed by atoms with Gasteiger partial charge in [0.2, 0.25) is 0 Å². The number of nitrogens with zero attached hydrogens (tertiary/aromatic N) is 4. The summed E-state index contributed by atoms with van der Waals surface area (Å²) in [4.78, 5) is 34.7. The maximum absolute atomic E-state index is 13.4. The van der Waals surface area contributed by atoms with Gasteiger partial charge in [-0.3, -0.25) is 14.0 Å². The molecule has 1 atom stereocenters. The van der Waals surface area contributed by atoms with Gasteiger partial charge in [-0.05, 0) is 57.8 Å². The van der Waals surface area contributed by atoms with Crippen LogP contribution in [0.2, 0.25) is 0 Å². The van der Waals surface area contributed by atoms with Crippen LogP contribution in [-0.2, 0) is 9.59 Å². The maximum atomic E-state index is 13.4. The zero-order valence-corrected chi connectivity index (χ0v) is 20.8. The summed E-state index contributed by atoms with van der Waals surface area (Å²) in [6.07, 6.45) is 1.78. The summed E-state index contributed by atoms with van der Waals surface area (Å²) in [5.74, 6) is -0.685. The van der Waals surface area contributed by atoms with Crippen LogP contribution in [0, 0.1) is 13.8 Å². The lowest BCUT2D eigenvalue weighted by atomic mass is 9.95. The molecule has 1 aliphatic rings. The molecular formula is C26H30N4O5. The molecule has 2 aromatic heterocycles. The average molecular weight is 479 g/mol. The number of aliphatic hydroxyl groups excluding tert-OH is 1. The highest BCUT2D eigenvalue weighted by atomic mass is 16.5. The minimum absolute atomic E-state index is 0.00767. The van der Waals surface area contributed by atoms with Crippen molar-refractivity contribution in [1.82, 2.24) is 19.2 Å². The van der Waals surface area contributed by atoms with Crippen LogP contribution in [0.15, 0.2) is 42.1 Å². The number of imidazole rings is 1. The number of aryl methyl sites for hydroxylation is 2. The van der Waals surface area contributed by atoms with E-state index in [1.54, 1.807) is 42.8 Å². The second-order valence-electron chi connectivity index (χ2n) is 8.83. The van der Waals surface area contributed by atoms with Gasteiger partial charge in [-0.25, -0.2) is 4.98 Å². The Morgan fingerprint density at radius 3 is 2.54 bits per heavy atom. The predicted octanol–water partition coefficient (Wildman–Crippen LogP) is 2.95. The number of likely N-dealkylation sites (N-methyl/N-ethyl adjacent to an activating group) is 1. The highest BCUT2D eigenvalue weighted by Crippen LogP contribution is 2.44. The predicted molar refractivity (Wildman–Crippen MR) is 132 cm³/mol. The van der Waals surface area contributed by atoms with Gasteiger partial charge in [-0.2, -0.15) is 0 Å². The molecule has 9 heteroatoms. The highest BCUT2D eigenvalue weighted by molar-refractivity contribution is 6.46. The van der Waals surface area contributed by atoms with Crippen molar-refractivity contribution < 1.29 is 24.2 Å². The number of rotatable bonds is 7. The number of Topliss-reactive ketones (excluding diaryl/α,β-unsaturated/α-hetero) is 1. The second-order valence-corrected chi connectivity index (χ2v) is 8.83. The molecule has 1 N–H and O–H groups in total. The molecule has 1 amide bonds. The van der Waals surface area contributed by atoms with Crippen molar-refractivity contribution in [2.24, 2.45) is 0 Å². The number of aromatic nitrogens is 2. The van der Waals surface area contributed by atoms with Gasteiger partial charge in [0.1, 0.15) is 22.8 Å². The van der Waals surface area contributed by atoms with E-state index in [1.807, 2.05) is 38.1 Å². The number of likely N-dealkylation sites (tertiary alicyclic amines) is 1. The zero-order chi connectivity index (χ0) is 25.4. The minimum atomic E-state index is -0.866. The highest BCUT2D eigenvalue weighted by Gasteiger charge is 2.47. The molecule has 0 spiro atoms. The van der Waals surface area contributed by atoms with Crippen molar-refractivity contribution in [2.45, 2.75) is 19.9 Å². The van der Waals surface area contributed by atoms with E-state index in [0.29, 0.717) is 40.6 Å².